The molecule has 2 aromatic rings. The lowest BCUT2D eigenvalue weighted by Gasteiger charge is -2.10. The van der Waals surface area contributed by atoms with E-state index in [0.717, 1.165) is 13.0 Å². The summed E-state index contributed by atoms with van der Waals surface area (Å²) < 4.78 is 2.29. The number of nitrogens with zero attached hydrogens (tertiary/aromatic N) is 2. The highest BCUT2D eigenvalue weighted by molar-refractivity contribution is 5.53. The second-order valence-electron chi connectivity index (χ2n) is 4.32. The number of rotatable bonds is 3. The van der Waals surface area contributed by atoms with E-state index >= 15 is 0 Å². The number of aryl methyl sites for hydroxylation is 1. The highest BCUT2D eigenvalue weighted by Gasteiger charge is 2.05. The molecule has 0 N–H and O–H groups in total. The normalized spacial score (nSPS) is 11.5. The summed E-state index contributed by atoms with van der Waals surface area (Å²) >= 11 is 0. The Kier molecular flexibility index (Phi) is 2.78. The van der Waals surface area contributed by atoms with Crippen LogP contribution in [0.1, 0.15) is 11.3 Å². The van der Waals surface area contributed by atoms with E-state index in [1.165, 1.54) is 16.8 Å². The maximum Gasteiger partial charge on any atom is 0.0455 e. The molecule has 0 radical (unpaired) electrons. The Hall–Kier alpha value is -1.28. The first-order valence-corrected chi connectivity index (χ1v) is 5.39. The third kappa shape index (κ3) is 2.05. The van der Waals surface area contributed by atoms with Crippen LogP contribution >= 0.6 is 0 Å². The van der Waals surface area contributed by atoms with E-state index in [0.29, 0.717) is 0 Å². The first kappa shape index (κ1) is 10.2. The Bertz CT molecular complexity index is 455. The van der Waals surface area contributed by atoms with Crippen LogP contribution in [0.15, 0.2) is 30.5 Å². The van der Waals surface area contributed by atoms with Gasteiger partial charge in [-0.15, -0.1) is 0 Å². The molecule has 0 spiro atoms. The maximum atomic E-state index is 2.29. The van der Waals surface area contributed by atoms with Crippen molar-refractivity contribution in [2.45, 2.75) is 13.3 Å². The van der Waals surface area contributed by atoms with Crippen molar-refractivity contribution >= 4 is 5.52 Å². The minimum Gasteiger partial charge on any atom is -0.321 e. The van der Waals surface area contributed by atoms with Crippen molar-refractivity contribution in [3.8, 4) is 0 Å². The van der Waals surface area contributed by atoms with Crippen LogP contribution in [0.3, 0.4) is 0 Å². The van der Waals surface area contributed by atoms with Crippen LogP contribution in [0.25, 0.3) is 5.52 Å². The molecule has 0 amide bonds. The smallest absolute Gasteiger partial charge is 0.0455 e. The van der Waals surface area contributed by atoms with Gasteiger partial charge in [0.1, 0.15) is 0 Å². The molecular formula is C13H18N2. The van der Waals surface area contributed by atoms with Crippen molar-refractivity contribution < 1.29 is 0 Å². The van der Waals surface area contributed by atoms with E-state index in [4.69, 9.17) is 0 Å². The molecule has 0 unspecified atom stereocenters. The summed E-state index contributed by atoms with van der Waals surface area (Å²) in [4.78, 5) is 2.22. The van der Waals surface area contributed by atoms with Gasteiger partial charge in [-0.1, -0.05) is 6.07 Å². The van der Waals surface area contributed by atoms with E-state index in [1.54, 1.807) is 0 Å². The maximum absolute atomic E-state index is 2.29. The molecular weight excluding hydrogens is 184 g/mol. The standard InChI is InChI=1S/C13H18N2/c1-11-10-12-6-4-5-8-15(12)13(11)7-9-14(2)3/h4-6,8,10H,7,9H2,1-3H3. The second kappa shape index (κ2) is 4.07. The molecule has 80 valence electrons. The first-order valence-electron chi connectivity index (χ1n) is 5.39. The monoisotopic (exact) mass is 202 g/mol. The summed E-state index contributed by atoms with van der Waals surface area (Å²) in [6.45, 7) is 3.29. The Morgan fingerprint density at radius 1 is 1.27 bits per heavy atom. The molecule has 0 aliphatic heterocycles. The molecule has 0 aromatic carbocycles. The zero-order valence-electron chi connectivity index (χ0n) is 9.70. The zero-order valence-corrected chi connectivity index (χ0v) is 9.70. The van der Waals surface area contributed by atoms with Crippen LogP contribution in [0.4, 0.5) is 0 Å². The molecule has 2 nitrogen and oxygen atoms in total. The quantitative estimate of drug-likeness (QED) is 0.741. The van der Waals surface area contributed by atoms with Crippen LogP contribution < -0.4 is 0 Å². The lowest BCUT2D eigenvalue weighted by atomic mass is 10.2. The Morgan fingerprint density at radius 2 is 2.07 bits per heavy atom. The molecule has 0 bridgehead atoms. The molecule has 0 fully saturated rings. The molecule has 2 heterocycles. The van der Waals surface area contributed by atoms with Gasteiger partial charge in [-0.25, -0.2) is 0 Å². The minimum atomic E-state index is 1.10. The van der Waals surface area contributed by atoms with Crippen LogP contribution in [0.2, 0.25) is 0 Å². The predicted octanol–water partition coefficient (Wildman–Crippen LogP) is 2.35. The molecule has 2 heteroatoms. The molecule has 0 aliphatic rings. The fourth-order valence-corrected chi connectivity index (χ4v) is 1.96. The van der Waals surface area contributed by atoms with E-state index < -0.39 is 0 Å². The molecule has 15 heavy (non-hydrogen) atoms. The summed E-state index contributed by atoms with van der Waals surface area (Å²) in [5, 5.41) is 0. The first-order chi connectivity index (χ1) is 7.18. The molecule has 0 saturated carbocycles. The van der Waals surface area contributed by atoms with Crippen LogP contribution in [0.5, 0.6) is 0 Å². The van der Waals surface area contributed by atoms with Crippen LogP contribution in [-0.2, 0) is 6.42 Å². The summed E-state index contributed by atoms with van der Waals surface area (Å²) in [5.74, 6) is 0. The second-order valence-corrected chi connectivity index (χ2v) is 4.32. The Labute approximate surface area is 91.1 Å². The van der Waals surface area contributed by atoms with Gasteiger partial charge < -0.3 is 9.30 Å². The summed E-state index contributed by atoms with van der Waals surface area (Å²) in [5.41, 5.74) is 4.12. The summed E-state index contributed by atoms with van der Waals surface area (Å²) in [6.07, 6.45) is 3.25. The third-order valence-corrected chi connectivity index (χ3v) is 2.80. The van der Waals surface area contributed by atoms with E-state index in [9.17, 15) is 0 Å². The van der Waals surface area contributed by atoms with Gasteiger partial charge in [0.2, 0.25) is 0 Å². The fraction of sp³-hybridized carbons (Fsp3) is 0.385. The van der Waals surface area contributed by atoms with Crippen molar-refractivity contribution in [3.63, 3.8) is 0 Å². The van der Waals surface area contributed by atoms with Crippen molar-refractivity contribution in [3.05, 3.63) is 41.7 Å². The van der Waals surface area contributed by atoms with Gasteiger partial charge in [0.05, 0.1) is 0 Å². The number of hydrogen-bond acceptors (Lipinski definition) is 1. The topological polar surface area (TPSA) is 7.65 Å². The summed E-state index contributed by atoms with van der Waals surface area (Å²) in [6, 6.07) is 8.59. The van der Waals surface area contributed by atoms with Crippen molar-refractivity contribution in [2.24, 2.45) is 0 Å². The van der Waals surface area contributed by atoms with Gasteiger partial charge in [0.25, 0.3) is 0 Å². The highest BCUT2D eigenvalue weighted by atomic mass is 15.1. The van der Waals surface area contributed by atoms with Gasteiger partial charge in [-0.3, -0.25) is 0 Å². The lowest BCUT2D eigenvalue weighted by molar-refractivity contribution is 0.411. The van der Waals surface area contributed by atoms with Gasteiger partial charge in [0, 0.05) is 30.4 Å². The van der Waals surface area contributed by atoms with Gasteiger partial charge in [0.15, 0.2) is 0 Å². The zero-order chi connectivity index (χ0) is 10.8. The number of likely N-dealkylation sites (N-methyl/N-ethyl adjacent to an activating group) is 1. The number of aromatic nitrogens is 1. The van der Waals surface area contributed by atoms with Crippen molar-refractivity contribution in [1.29, 1.82) is 0 Å². The van der Waals surface area contributed by atoms with Crippen molar-refractivity contribution in [2.75, 3.05) is 20.6 Å². The number of hydrogen-bond donors (Lipinski definition) is 0. The average molecular weight is 202 g/mol. The SMILES string of the molecule is Cc1cc2ccccn2c1CCN(C)C. The highest BCUT2D eigenvalue weighted by Crippen LogP contribution is 2.16. The van der Waals surface area contributed by atoms with E-state index in [-0.39, 0.29) is 0 Å². The number of fused-ring (bicyclic) bond motifs is 1. The minimum absolute atomic E-state index is 1.10. The molecule has 2 rings (SSSR count). The average Bonchev–Trinajstić information content (AvgIpc) is 2.50. The molecule has 0 saturated heterocycles. The van der Waals surface area contributed by atoms with Crippen LogP contribution in [0, 0.1) is 6.92 Å². The number of pyridine rings is 1. The molecule has 2 aromatic heterocycles. The molecule has 0 aliphatic carbocycles. The van der Waals surface area contributed by atoms with E-state index in [1.807, 2.05) is 0 Å². The molecule has 0 atom stereocenters. The van der Waals surface area contributed by atoms with Crippen LogP contribution in [-0.4, -0.2) is 29.9 Å². The summed E-state index contributed by atoms with van der Waals surface area (Å²) in [7, 11) is 4.23. The van der Waals surface area contributed by atoms with Gasteiger partial charge in [-0.05, 0) is 44.8 Å². The van der Waals surface area contributed by atoms with E-state index in [2.05, 4.69) is 60.8 Å². The fourth-order valence-electron chi connectivity index (χ4n) is 1.96. The Balaban J connectivity index is 2.36. The predicted molar refractivity (Wildman–Crippen MR) is 64.4 cm³/mol. The Morgan fingerprint density at radius 3 is 2.80 bits per heavy atom. The van der Waals surface area contributed by atoms with Crippen molar-refractivity contribution in [1.82, 2.24) is 9.30 Å². The largest absolute Gasteiger partial charge is 0.321 e. The van der Waals surface area contributed by atoms with Gasteiger partial charge in [-0.2, -0.15) is 0 Å². The van der Waals surface area contributed by atoms with Gasteiger partial charge >= 0.3 is 0 Å². The third-order valence-electron chi connectivity index (χ3n) is 2.80. The lowest BCUT2D eigenvalue weighted by Crippen LogP contribution is -2.16.